The van der Waals surface area contributed by atoms with Crippen LogP contribution in [0.15, 0.2) is 12.1 Å². The maximum atomic E-state index is 5.07. The van der Waals surface area contributed by atoms with Crippen molar-refractivity contribution in [3.63, 3.8) is 0 Å². The van der Waals surface area contributed by atoms with Crippen molar-refractivity contribution >= 4 is 0 Å². The first-order chi connectivity index (χ1) is 5.86. The summed E-state index contributed by atoms with van der Waals surface area (Å²) in [5, 5.41) is 0. The van der Waals surface area contributed by atoms with Crippen LogP contribution in [0.1, 0.15) is 19.5 Å². The number of nitrogens with zero attached hydrogens (tertiary/aromatic N) is 1. The molecule has 0 spiro atoms. The molecule has 1 aliphatic rings. The van der Waals surface area contributed by atoms with Crippen molar-refractivity contribution in [1.82, 2.24) is 4.98 Å². The molecular formula is C9H13NO2. The van der Waals surface area contributed by atoms with Crippen molar-refractivity contribution in [3.05, 3.63) is 17.8 Å². The number of aryl methyl sites for hydroxylation is 1. The van der Waals surface area contributed by atoms with Gasteiger partial charge in [0.25, 0.3) is 5.88 Å². The van der Waals surface area contributed by atoms with Gasteiger partial charge in [-0.05, 0) is 19.1 Å². The zero-order valence-corrected chi connectivity index (χ0v) is 7.63. The smallest absolute Gasteiger partial charge is 0.260 e. The molecule has 0 atom stereocenters. The average molecular weight is 167 g/mol. The van der Waals surface area contributed by atoms with Gasteiger partial charge in [0, 0.05) is 5.69 Å². The van der Waals surface area contributed by atoms with E-state index in [1.807, 2.05) is 32.9 Å². The van der Waals surface area contributed by atoms with Crippen molar-refractivity contribution in [1.29, 1.82) is 0 Å². The Morgan fingerprint density at radius 1 is 1.25 bits per heavy atom. The largest absolute Gasteiger partial charge is 0.452 e. The third-order valence-electron chi connectivity index (χ3n) is 1.37. The normalized spacial score (nSPS) is 11.9. The second-order valence-corrected chi connectivity index (χ2v) is 2.16. The van der Waals surface area contributed by atoms with Gasteiger partial charge in [0.2, 0.25) is 6.79 Å². The summed E-state index contributed by atoms with van der Waals surface area (Å²) in [5.41, 5.74) is 0.948. The summed E-state index contributed by atoms with van der Waals surface area (Å²) < 4.78 is 10.1. The predicted molar refractivity (Wildman–Crippen MR) is 46.4 cm³/mol. The third kappa shape index (κ3) is 1.67. The molecule has 0 aliphatic carbocycles. The molecular weight excluding hydrogens is 154 g/mol. The van der Waals surface area contributed by atoms with E-state index in [1.54, 1.807) is 0 Å². The zero-order chi connectivity index (χ0) is 8.97. The summed E-state index contributed by atoms with van der Waals surface area (Å²) in [6, 6.07) is 3.76. The van der Waals surface area contributed by atoms with E-state index in [1.165, 1.54) is 0 Å². The number of rotatable bonds is 0. The Morgan fingerprint density at radius 2 is 2.00 bits per heavy atom. The van der Waals surface area contributed by atoms with Crippen LogP contribution in [-0.2, 0) is 0 Å². The van der Waals surface area contributed by atoms with Crippen LogP contribution >= 0.6 is 0 Å². The maximum absolute atomic E-state index is 5.07. The van der Waals surface area contributed by atoms with Gasteiger partial charge in [-0.1, -0.05) is 13.8 Å². The molecule has 3 heteroatoms. The summed E-state index contributed by atoms with van der Waals surface area (Å²) in [6.07, 6.45) is 0. The molecule has 1 aliphatic heterocycles. The second-order valence-electron chi connectivity index (χ2n) is 2.16. The molecule has 1 aromatic rings. The summed E-state index contributed by atoms with van der Waals surface area (Å²) >= 11 is 0. The molecule has 0 saturated carbocycles. The van der Waals surface area contributed by atoms with Crippen molar-refractivity contribution in [2.45, 2.75) is 20.8 Å². The van der Waals surface area contributed by atoms with Crippen molar-refractivity contribution < 1.29 is 9.47 Å². The summed E-state index contributed by atoms with van der Waals surface area (Å²) in [5.74, 6) is 1.35. The van der Waals surface area contributed by atoms with Crippen molar-refractivity contribution in [2.75, 3.05) is 6.79 Å². The van der Waals surface area contributed by atoms with E-state index >= 15 is 0 Å². The highest BCUT2D eigenvalue weighted by molar-refractivity contribution is 5.36. The van der Waals surface area contributed by atoms with E-state index in [0.29, 0.717) is 12.7 Å². The standard InChI is InChI=1S/C7H7NO2.C2H6/c1-5-2-3-6-7(8-5)10-4-9-6;1-2/h2-3H,4H2,1H3;1-2H3. The topological polar surface area (TPSA) is 31.4 Å². The first-order valence-corrected chi connectivity index (χ1v) is 4.09. The Hall–Kier alpha value is -1.25. The minimum Gasteiger partial charge on any atom is -0.452 e. The quantitative estimate of drug-likeness (QED) is 0.593. The Balaban J connectivity index is 0.000000336. The summed E-state index contributed by atoms with van der Waals surface area (Å²) in [6.45, 7) is 6.22. The fraction of sp³-hybridized carbons (Fsp3) is 0.444. The number of hydrogen-bond donors (Lipinski definition) is 0. The Morgan fingerprint density at radius 3 is 2.75 bits per heavy atom. The van der Waals surface area contributed by atoms with Crippen LogP contribution in [0, 0.1) is 6.92 Å². The molecule has 66 valence electrons. The van der Waals surface area contributed by atoms with Crippen LogP contribution < -0.4 is 9.47 Å². The average Bonchev–Trinajstić information content (AvgIpc) is 2.54. The molecule has 0 saturated heterocycles. The van der Waals surface area contributed by atoms with Gasteiger partial charge in [0.05, 0.1) is 0 Å². The lowest BCUT2D eigenvalue weighted by molar-refractivity contribution is 0.171. The van der Waals surface area contributed by atoms with Crippen LogP contribution in [0.25, 0.3) is 0 Å². The van der Waals surface area contributed by atoms with E-state index in [-0.39, 0.29) is 0 Å². The summed E-state index contributed by atoms with van der Waals surface area (Å²) in [4.78, 5) is 4.11. The minimum atomic E-state index is 0.297. The Bertz CT molecular complexity index is 261. The lowest BCUT2D eigenvalue weighted by atomic mass is 10.4. The minimum absolute atomic E-state index is 0.297. The van der Waals surface area contributed by atoms with Crippen molar-refractivity contribution in [2.24, 2.45) is 0 Å². The molecule has 1 aromatic heterocycles. The third-order valence-corrected chi connectivity index (χ3v) is 1.37. The van der Waals surface area contributed by atoms with Gasteiger partial charge in [-0.3, -0.25) is 0 Å². The first kappa shape index (κ1) is 8.84. The van der Waals surface area contributed by atoms with E-state index in [9.17, 15) is 0 Å². The molecule has 0 radical (unpaired) electrons. The Kier molecular flexibility index (Phi) is 2.91. The van der Waals surface area contributed by atoms with Crippen LogP contribution in [0.3, 0.4) is 0 Å². The van der Waals surface area contributed by atoms with Crippen LogP contribution in [0.4, 0.5) is 0 Å². The number of ether oxygens (including phenoxy) is 2. The molecule has 0 bridgehead atoms. The van der Waals surface area contributed by atoms with Crippen LogP contribution in [-0.4, -0.2) is 11.8 Å². The molecule has 2 heterocycles. The first-order valence-electron chi connectivity index (χ1n) is 4.09. The zero-order valence-electron chi connectivity index (χ0n) is 7.63. The Labute approximate surface area is 72.3 Å². The number of hydrogen-bond acceptors (Lipinski definition) is 3. The van der Waals surface area contributed by atoms with E-state index in [0.717, 1.165) is 11.4 Å². The highest BCUT2D eigenvalue weighted by Gasteiger charge is 2.13. The maximum Gasteiger partial charge on any atom is 0.260 e. The molecule has 0 aromatic carbocycles. The monoisotopic (exact) mass is 167 g/mol. The lowest BCUT2D eigenvalue weighted by Gasteiger charge is -1.93. The van der Waals surface area contributed by atoms with E-state index < -0.39 is 0 Å². The number of fused-ring (bicyclic) bond motifs is 1. The molecule has 0 unspecified atom stereocenters. The van der Waals surface area contributed by atoms with E-state index in [4.69, 9.17) is 9.47 Å². The van der Waals surface area contributed by atoms with Gasteiger partial charge in [0.15, 0.2) is 5.75 Å². The fourth-order valence-corrected chi connectivity index (χ4v) is 0.882. The van der Waals surface area contributed by atoms with E-state index in [2.05, 4.69) is 4.98 Å². The molecule has 3 nitrogen and oxygen atoms in total. The highest BCUT2D eigenvalue weighted by atomic mass is 16.7. The predicted octanol–water partition coefficient (Wildman–Crippen LogP) is 2.14. The molecule has 12 heavy (non-hydrogen) atoms. The molecule has 0 N–H and O–H groups in total. The fourth-order valence-electron chi connectivity index (χ4n) is 0.882. The molecule has 0 amide bonds. The van der Waals surface area contributed by atoms with Gasteiger partial charge >= 0.3 is 0 Å². The summed E-state index contributed by atoms with van der Waals surface area (Å²) in [7, 11) is 0. The lowest BCUT2D eigenvalue weighted by Crippen LogP contribution is -1.93. The van der Waals surface area contributed by atoms with Gasteiger partial charge in [-0.2, -0.15) is 0 Å². The second kappa shape index (κ2) is 3.95. The van der Waals surface area contributed by atoms with Crippen LogP contribution in [0.5, 0.6) is 11.6 Å². The highest BCUT2D eigenvalue weighted by Crippen LogP contribution is 2.28. The van der Waals surface area contributed by atoms with Gasteiger partial charge in [0.1, 0.15) is 0 Å². The number of pyridine rings is 1. The van der Waals surface area contributed by atoms with Gasteiger partial charge in [-0.25, -0.2) is 4.98 Å². The van der Waals surface area contributed by atoms with Gasteiger partial charge in [-0.15, -0.1) is 0 Å². The molecule has 0 fully saturated rings. The molecule has 2 rings (SSSR count). The SMILES string of the molecule is CC.Cc1ccc2c(n1)OCO2. The van der Waals surface area contributed by atoms with Gasteiger partial charge < -0.3 is 9.47 Å². The van der Waals surface area contributed by atoms with Crippen LogP contribution in [0.2, 0.25) is 0 Å². The number of aromatic nitrogens is 1. The van der Waals surface area contributed by atoms with Crippen molar-refractivity contribution in [3.8, 4) is 11.6 Å².